The van der Waals surface area contributed by atoms with E-state index in [4.69, 9.17) is 16.9 Å². The Bertz CT molecular complexity index is 465. The van der Waals surface area contributed by atoms with Crippen molar-refractivity contribution in [3.8, 4) is 6.07 Å². The maximum absolute atomic E-state index is 12.1. The van der Waals surface area contributed by atoms with Gasteiger partial charge in [0, 0.05) is 13.1 Å². The Kier molecular flexibility index (Phi) is 3.55. The van der Waals surface area contributed by atoms with Crippen LogP contribution in [-0.2, 0) is 4.79 Å². The number of halogens is 1. The number of carbonyl (C=O) groups excluding carboxylic acids is 1. The highest BCUT2D eigenvalue weighted by atomic mass is 35.5. The van der Waals surface area contributed by atoms with Crippen LogP contribution >= 0.6 is 11.6 Å². The molecule has 0 bridgehead atoms. The normalized spacial score (nSPS) is 16.6. The third kappa shape index (κ3) is 2.53. The Morgan fingerprint density at radius 3 is 2.76 bits per heavy atom. The minimum absolute atomic E-state index is 0.195. The topological polar surface area (TPSA) is 69.9 Å². The first-order chi connectivity index (χ1) is 8.22. The highest BCUT2D eigenvalue weighted by Crippen LogP contribution is 2.20. The van der Waals surface area contributed by atoms with Crippen molar-refractivity contribution in [3.63, 3.8) is 0 Å². The number of nitriles is 1. The fourth-order valence-electron chi connectivity index (χ4n) is 1.87. The largest absolute Gasteiger partial charge is 0.341 e. The van der Waals surface area contributed by atoms with Crippen LogP contribution in [0.3, 0.4) is 0 Å². The lowest BCUT2D eigenvalue weighted by Crippen LogP contribution is -2.32. The van der Waals surface area contributed by atoms with Crippen LogP contribution in [0.4, 0.5) is 0 Å². The lowest BCUT2D eigenvalue weighted by molar-refractivity contribution is -0.130. The number of nitrogens with zero attached hydrogens (tertiary/aromatic N) is 4. The van der Waals surface area contributed by atoms with Gasteiger partial charge in [-0.05, 0) is 18.9 Å². The van der Waals surface area contributed by atoms with Gasteiger partial charge >= 0.3 is 0 Å². The molecule has 0 saturated carbocycles. The van der Waals surface area contributed by atoms with Crippen molar-refractivity contribution in [3.05, 3.63) is 23.2 Å². The van der Waals surface area contributed by atoms with Crippen LogP contribution < -0.4 is 0 Å². The van der Waals surface area contributed by atoms with Gasteiger partial charge in [-0.2, -0.15) is 5.26 Å². The van der Waals surface area contributed by atoms with E-state index in [0.29, 0.717) is 5.69 Å². The number of hydrogen-bond donors (Lipinski definition) is 0. The lowest BCUT2D eigenvalue weighted by atomic mass is 10.1. The number of likely N-dealkylation sites (tertiary alicyclic amines) is 1. The van der Waals surface area contributed by atoms with E-state index >= 15 is 0 Å². The van der Waals surface area contributed by atoms with Gasteiger partial charge in [0.15, 0.2) is 5.92 Å². The summed E-state index contributed by atoms with van der Waals surface area (Å²) in [6.45, 7) is 1.44. The van der Waals surface area contributed by atoms with E-state index < -0.39 is 5.92 Å². The summed E-state index contributed by atoms with van der Waals surface area (Å²) in [7, 11) is 0. The number of carbonyl (C=O) groups is 1. The Labute approximate surface area is 104 Å². The van der Waals surface area contributed by atoms with Gasteiger partial charge in [-0.3, -0.25) is 4.79 Å². The Morgan fingerprint density at radius 2 is 2.18 bits per heavy atom. The molecule has 6 heteroatoms. The van der Waals surface area contributed by atoms with Crippen LogP contribution in [0.15, 0.2) is 12.4 Å². The molecular weight excluding hydrogens is 240 g/mol. The molecule has 0 aliphatic carbocycles. The Hall–Kier alpha value is -1.67. The van der Waals surface area contributed by atoms with Crippen molar-refractivity contribution >= 4 is 17.5 Å². The summed E-state index contributed by atoms with van der Waals surface area (Å²) < 4.78 is 0. The average Bonchev–Trinajstić information content (AvgIpc) is 2.83. The number of aromatic nitrogens is 2. The van der Waals surface area contributed by atoms with Crippen LogP contribution in [0, 0.1) is 11.3 Å². The molecule has 0 radical (unpaired) electrons. The average molecular weight is 251 g/mol. The van der Waals surface area contributed by atoms with Crippen molar-refractivity contribution in [2.75, 3.05) is 13.1 Å². The molecular formula is C11H11ClN4O. The van der Waals surface area contributed by atoms with Crippen LogP contribution in [-0.4, -0.2) is 33.9 Å². The van der Waals surface area contributed by atoms with Crippen LogP contribution in [0.5, 0.6) is 0 Å². The lowest BCUT2D eigenvalue weighted by Gasteiger charge is -2.18. The minimum atomic E-state index is -0.881. The molecule has 5 nitrogen and oxygen atoms in total. The number of hydrogen-bond acceptors (Lipinski definition) is 4. The van der Waals surface area contributed by atoms with E-state index in [1.54, 1.807) is 4.90 Å². The van der Waals surface area contributed by atoms with Crippen LogP contribution in [0.2, 0.25) is 5.15 Å². The van der Waals surface area contributed by atoms with Gasteiger partial charge in [-0.15, -0.1) is 0 Å². The molecule has 1 aromatic heterocycles. The fraction of sp³-hybridized carbons (Fsp3) is 0.455. The first-order valence-electron chi connectivity index (χ1n) is 5.38. The molecule has 1 saturated heterocycles. The Morgan fingerprint density at radius 1 is 1.47 bits per heavy atom. The summed E-state index contributed by atoms with van der Waals surface area (Å²) in [5.41, 5.74) is 0.365. The van der Waals surface area contributed by atoms with E-state index in [1.165, 1.54) is 12.4 Å². The second-order valence-electron chi connectivity index (χ2n) is 3.86. The van der Waals surface area contributed by atoms with E-state index in [2.05, 4.69) is 9.97 Å². The summed E-state index contributed by atoms with van der Waals surface area (Å²) in [4.78, 5) is 21.5. The van der Waals surface area contributed by atoms with Crippen LogP contribution in [0.1, 0.15) is 24.5 Å². The number of rotatable bonds is 2. The maximum Gasteiger partial charge on any atom is 0.246 e. The van der Waals surface area contributed by atoms with Gasteiger partial charge in [0.05, 0.1) is 11.8 Å². The maximum atomic E-state index is 12.1. The smallest absolute Gasteiger partial charge is 0.246 e. The first kappa shape index (κ1) is 11.8. The zero-order valence-electron chi connectivity index (χ0n) is 9.14. The van der Waals surface area contributed by atoms with Gasteiger partial charge in [0.25, 0.3) is 0 Å². The minimum Gasteiger partial charge on any atom is -0.341 e. The highest BCUT2D eigenvalue weighted by Gasteiger charge is 2.28. The molecule has 1 atom stereocenters. The summed E-state index contributed by atoms with van der Waals surface area (Å²) in [5.74, 6) is -1.08. The fourth-order valence-corrected chi connectivity index (χ4v) is 2.03. The quantitative estimate of drug-likeness (QED) is 0.743. The Balaban J connectivity index is 2.21. The first-order valence-corrected chi connectivity index (χ1v) is 5.76. The molecule has 0 spiro atoms. The van der Waals surface area contributed by atoms with Gasteiger partial charge < -0.3 is 4.90 Å². The molecule has 1 amide bonds. The third-order valence-corrected chi connectivity index (χ3v) is 2.95. The SMILES string of the molecule is N#C[C@@H](C(=O)N1CCCC1)c1cc(Cl)ncn1. The van der Waals surface area contributed by atoms with E-state index in [0.717, 1.165) is 25.9 Å². The van der Waals surface area contributed by atoms with Crippen molar-refractivity contribution in [1.82, 2.24) is 14.9 Å². The van der Waals surface area contributed by atoms with E-state index in [-0.39, 0.29) is 11.1 Å². The van der Waals surface area contributed by atoms with Gasteiger partial charge in [-0.1, -0.05) is 11.6 Å². The molecule has 0 N–H and O–H groups in total. The zero-order valence-corrected chi connectivity index (χ0v) is 9.89. The predicted molar refractivity (Wildman–Crippen MR) is 61.2 cm³/mol. The number of amides is 1. The summed E-state index contributed by atoms with van der Waals surface area (Å²) in [5, 5.41) is 9.34. The molecule has 2 rings (SSSR count). The summed E-state index contributed by atoms with van der Waals surface area (Å²) in [6.07, 6.45) is 3.25. The molecule has 1 fully saturated rings. The van der Waals surface area contributed by atoms with Crippen molar-refractivity contribution in [2.24, 2.45) is 0 Å². The van der Waals surface area contributed by atoms with E-state index in [1.807, 2.05) is 6.07 Å². The highest BCUT2D eigenvalue weighted by molar-refractivity contribution is 6.29. The molecule has 0 aromatic carbocycles. The third-order valence-electron chi connectivity index (χ3n) is 2.74. The summed E-state index contributed by atoms with van der Waals surface area (Å²) >= 11 is 5.72. The predicted octanol–water partition coefficient (Wildman–Crippen LogP) is 1.36. The van der Waals surface area contributed by atoms with Gasteiger partial charge in [0.2, 0.25) is 5.91 Å². The van der Waals surface area contributed by atoms with Gasteiger partial charge in [-0.25, -0.2) is 9.97 Å². The summed E-state index contributed by atoms with van der Waals surface area (Å²) in [6, 6.07) is 3.44. The van der Waals surface area contributed by atoms with Crippen molar-refractivity contribution < 1.29 is 4.79 Å². The van der Waals surface area contributed by atoms with Crippen molar-refractivity contribution in [2.45, 2.75) is 18.8 Å². The second-order valence-corrected chi connectivity index (χ2v) is 4.25. The van der Waals surface area contributed by atoms with Crippen molar-refractivity contribution in [1.29, 1.82) is 5.26 Å². The standard InChI is InChI=1S/C11H11ClN4O/c12-10-5-9(14-7-15-10)8(6-13)11(17)16-3-1-2-4-16/h5,7-8H,1-4H2/t8-/m1/s1. The monoisotopic (exact) mass is 250 g/mol. The molecule has 2 heterocycles. The molecule has 0 unspecified atom stereocenters. The molecule has 1 aliphatic heterocycles. The van der Waals surface area contributed by atoms with E-state index in [9.17, 15) is 4.79 Å². The molecule has 1 aromatic rings. The van der Waals surface area contributed by atoms with Gasteiger partial charge in [0.1, 0.15) is 11.5 Å². The zero-order chi connectivity index (χ0) is 12.3. The second kappa shape index (κ2) is 5.11. The molecule has 17 heavy (non-hydrogen) atoms. The molecule has 1 aliphatic rings. The molecule has 88 valence electrons. The van der Waals surface area contributed by atoms with Crippen LogP contribution in [0.25, 0.3) is 0 Å².